The standard InChI is InChI=1S/C11H24.C8H7F3/c1-3-5-7-9-11-10-8-6-4-2;1-6-2-4-7(5-3-6)8(9,10)11/h3-11H2,1-2H3;2-5H,1H3. The molecule has 1 rings (SSSR count). The van der Waals surface area contributed by atoms with Gasteiger partial charge in [0.25, 0.3) is 0 Å². The minimum Gasteiger partial charge on any atom is -0.166 e. The first-order chi connectivity index (χ1) is 10.4. The molecule has 0 aliphatic rings. The van der Waals surface area contributed by atoms with Crippen molar-refractivity contribution >= 4 is 0 Å². The van der Waals surface area contributed by atoms with Crippen LogP contribution in [0.25, 0.3) is 0 Å². The highest BCUT2D eigenvalue weighted by Crippen LogP contribution is 2.28. The summed E-state index contributed by atoms with van der Waals surface area (Å²) >= 11 is 0. The van der Waals surface area contributed by atoms with Crippen LogP contribution < -0.4 is 0 Å². The largest absolute Gasteiger partial charge is 0.416 e. The second-order valence-corrected chi connectivity index (χ2v) is 5.84. The van der Waals surface area contributed by atoms with Gasteiger partial charge in [-0.2, -0.15) is 13.2 Å². The number of aryl methyl sites for hydroxylation is 1. The van der Waals surface area contributed by atoms with E-state index in [1.807, 2.05) is 0 Å². The minimum atomic E-state index is -4.21. The predicted molar refractivity (Wildman–Crippen MR) is 89.1 cm³/mol. The van der Waals surface area contributed by atoms with Crippen molar-refractivity contribution in [2.75, 3.05) is 0 Å². The summed E-state index contributed by atoms with van der Waals surface area (Å²) in [6.07, 6.45) is 8.74. The van der Waals surface area contributed by atoms with Crippen LogP contribution in [0.1, 0.15) is 82.8 Å². The fraction of sp³-hybridized carbons (Fsp3) is 0.684. The van der Waals surface area contributed by atoms with Gasteiger partial charge in [0.1, 0.15) is 0 Å². The predicted octanol–water partition coefficient (Wildman–Crippen LogP) is 7.55. The monoisotopic (exact) mass is 316 g/mol. The maximum absolute atomic E-state index is 11.9. The van der Waals surface area contributed by atoms with Crippen LogP contribution >= 0.6 is 0 Å². The Labute approximate surface area is 134 Å². The number of hydrogen-bond acceptors (Lipinski definition) is 0. The van der Waals surface area contributed by atoms with E-state index in [1.54, 1.807) is 6.92 Å². The summed E-state index contributed by atoms with van der Waals surface area (Å²) in [5.74, 6) is 0. The van der Waals surface area contributed by atoms with Gasteiger partial charge in [-0.1, -0.05) is 89.3 Å². The van der Waals surface area contributed by atoms with Gasteiger partial charge in [0.15, 0.2) is 0 Å². The van der Waals surface area contributed by atoms with E-state index < -0.39 is 11.7 Å². The molecule has 3 heteroatoms. The van der Waals surface area contributed by atoms with Crippen molar-refractivity contribution in [1.29, 1.82) is 0 Å². The molecule has 0 aliphatic carbocycles. The van der Waals surface area contributed by atoms with Gasteiger partial charge in [0, 0.05) is 0 Å². The maximum Gasteiger partial charge on any atom is 0.416 e. The van der Waals surface area contributed by atoms with Crippen molar-refractivity contribution in [1.82, 2.24) is 0 Å². The van der Waals surface area contributed by atoms with Gasteiger partial charge in [0.05, 0.1) is 5.56 Å². The van der Waals surface area contributed by atoms with Gasteiger partial charge in [-0.25, -0.2) is 0 Å². The molecule has 1 aromatic rings. The molecule has 0 bridgehead atoms. The normalized spacial score (nSPS) is 11.0. The third-order valence-corrected chi connectivity index (χ3v) is 3.59. The Kier molecular flexibility index (Phi) is 12.0. The highest BCUT2D eigenvalue weighted by molar-refractivity contribution is 5.23. The summed E-state index contributed by atoms with van der Waals surface area (Å²) in [5.41, 5.74) is 0.237. The summed E-state index contributed by atoms with van der Waals surface area (Å²) in [4.78, 5) is 0. The average molecular weight is 316 g/mol. The van der Waals surface area contributed by atoms with Gasteiger partial charge in [0.2, 0.25) is 0 Å². The van der Waals surface area contributed by atoms with Gasteiger partial charge >= 0.3 is 6.18 Å². The van der Waals surface area contributed by atoms with Crippen LogP contribution in [0.5, 0.6) is 0 Å². The molecule has 128 valence electrons. The molecular formula is C19H31F3. The molecular weight excluding hydrogens is 285 g/mol. The molecule has 0 nitrogen and oxygen atoms in total. The molecule has 0 saturated heterocycles. The summed E-state index contributed by atoms with van der Waals surface area (Å²) in [5, 5.41) is 0. The molecule has 0 saturated carbocycles. The smallest absolute Gasteiger partial charge is 0.166 e. The van der Waals surface area contributed by atoms with E-state index in [2.05, 4.69) is 13.8 Å². The molecule has 22 heavy (non-hydrogen) atoms. The number of unbranched alkanes of at least 4 members (excludes halogenated alkanes) is 8. The first kappa shape index (κ1) is 21.0. The molecule has 0 aromatic heterocycles. The second kappa shape index (κ2) is 12.5. The molecule has 0 N–H and O–H groups in total. The van der Waals surface area contributed by atoms with E-state index in [0.717, 1.165) is 17.7 Å². The van der Waals surface area contributed by atoms with Crippen LogP contribution in [-0.4, -0.2) is 0 Å². The highest BCUT2D eigenvalue weighted by atomic mass is 19.4. The number of rotatable bonds is 8. The van der Waals surface area contributed by atoms with Crippen molar-refractivity contribution in [3.63, 3.8) is 0 Å². The summed E-state index contributed by atoms with van der Waals surface area (Å²) in [7, 11) is 0. The van der Waals surface area contributed by atoms with E-state index >= 15 is 0 Å². The highest BCUT2D eigenvalue weighted by Gasteiger charge is 2.29. The van der Waals surface area contributed by atoms with Crippen LogP contribution in [0.2, 0.25) is 0 Å². The maximum atomic E-state index is 11.9. The number of halogens is 3. The Hall–Kier alpha value is -0.990. The average Bonchev–Trinajstić information content (AvgIpc) is 2.47. The number of benzene rings is 1. The van der Waals surface area contributed by atoms with Crippen molar-refractivity contribution in [2.45, 2.75) is 84.7 Å². The fourth-order valence-electron chi connectivity index (χ4n) is 2.13. The van der Waals surface area contributed by atoms with Crippen LogP contribution in [0.15, 0.2) is 24.3 Å². The lowest BCUT2D eigenvalue weighted by atomic mass is 10.1. The van der Waals surface area contributed by atoms with E-state index in [9.17, 15) is 13.2 Å². The molecule has 0 heterocycles. The summed E-state index contributed by atoms with van der Waals surface area (Å²) in [6.45, 7) is 6.30. The van der Waals surface area contributed by atoms with E-state index in [0.29, 0.717) is 0 Å². The molecule has 0 aliphatic heterocycles. The lowest BCUT2D eigenvalue weighted by Gasteiger charge is -2.05. The van der Waals surface area contributed by atoms with Crippen LogP contribution in [0.3, 0.4) is 0 Å². The second-order valence-electron chi connectivity index (χ2n) is 5.84. The molecule has 0 spiro atoms. The minimum absolute atomic E-state index is 0.594. The Bertz CT molecular complexity index is 344. The molecule has 0 unspecified atom stereocenters. The quantitative estimate of drug-likeness (QED) is 0.434. The molecule has 0 amide bonds. The Balaban J connectivity index is 0.000000401. The van der Waals surface area contributed by atoms with Gasteiger partial charge in [-0.05, 0) is 19.1 Å². The lowest BCUT2D eigenvalue weighted by molar-refractivity contribution is -0.137. The zero-order valence-corrected chi connectivity index (χ0v) is 14.3. The molecule has 0 radical (unpaired) electrons. The number of alkyl halides is 3. The Morgan fingerprint density at radius 1 is 0.682 bits per heavy atom. The van der Waals surface area contributed by atoms with Crippen LogP contribution in [-0.2, 0) is 6.18 Å². The fourth-order valence-corrected chi connectivity index (χ4v) is 2.13. The lowest BCUT2D eigenvalue weighted by Crippen LogP contribution is -2.03. The van der Waals surface area contributed by atoms with Crippen LogP contribution in [0.4, 0.5) is 13.2 Å². The third kappa shape index (κ3) is 11.6. The zero-order chi connectivity index (χ0) is 16.8. The van der Waals surface area contributed by atoms with Crippen molar-refractivity contribution < 1.29 is 13.2 Å². The van der Waals surface area contributed by atoms with Crippen molar-refractivity contribution in [3.8, 4) is 0 Å². The molecule has 1 aromatic carbocycles. The summed E-state index contributed by atoms with van der Waals surface area (Å²) < 4.78 is 35.8. The van der Waals surface area contributed by atoms with Gasteiger partial charge < -0.3 is 0 Å². The molecule has 0 atom stereocenters. The van der Waals surface area contributed by atoms with Gasteiger partial charge in [-0.15, -0.1) is 0 Å². The van der Waals surface area contributed by atoms with E-state index in [4.69, 9.17) is 0 Å². The van der Waals surface area contributed by atoms with Gasteiger partial charge in [-0.3, -0.25) is 0 Å². The molecule has 0 fully saturated rings. The zero-order valence-electron chi connectivity index (χ0n) is 14.3. The van der Waals surface area contributed by atoms with Crippen molar-refractivity contribution in [2.24, 2.45) is 0 Å². The topological polar surface area (TPSA) is 0 Å². The third-order valence-electron chi connectivity index (χ3n) is 3.59. The number of hydrogen-bond donors (Lipinski definition) is 0. The Morgan fingerprint density at radius 2 is 1.05 bits per heavy atom. The summed E-state index contributed by atoms with van der Waals surface area (Å²) in [6, 6.07) is 5.05. The first-order valence-corrected chi connectivity index (χ1v) is 8.55. The Morgan fingerprint density at radius 3 is 1.36 bits per heavy atom. The van der Waals surface area contributed by atoms with E-state index in [1.165, 1.54) is 69.9 Å². The van der Waals surface area contributed by atoms with Crippen molar-refractivity contribution in [3.05, 3.63) is 35.4 Å². The van der Waals surface area contributed by atoms with Crippen LogP contribution in [0, 0.1) is 6.92 Å². The first-order valence-electron chi connectivity index (χ1n) is 8.55. The SMILES string of the molecule is CCCCCCCCCCC.Cc1ccc(C(F)(F)F)cc1. The van der Waals surface area contributed by atoms with E-state index in [-0.39, 0.29) is 0 Å².